The zero-order chi connectivity index (χ0) is 23.4. The Morgan fingerprint density at radius 2 is 1.73 bits per heavy atom. The third-order valence-corrected chi connectivity index (χ3v) is 6.25. The molecule has 2 aliphatic rings. The van der Waals surface area contributed by atoms with E-state index in [0.717, 1.165) is 31.4 Å². The van der Waals surface area contributed by atoms with Crippen molar-refractivity contribution in [1.82, 2.24) is 4.90 Å². The normalized spacial score (nSPS) is 17.4. The van der Waals surface area contributed by atoms with Crippen LogP contribution in [0.25, 0.3) is 0 Å². The number of hydrogen-bond donors (Lipinski definition) is 1. The van der Waals surface area contributed by atoms with Crippen LogP contribution in [0.5, 0.6) is 11.5 Å². The van der Waals surface area contributed by atoms with E-state index < -0.39 is 0 Å². The Kier molecular flexibility index (Phi) is 6.96. The molecule has 4 rings (SSSR count). The van der Waals surface area contributed by atoms with Crippen LogP contribution in [0, 0.1) is 6.92 Å². The molecule has 1 atom stereocenters. The maximum atomic E-state index is 12.9. The molecule has 0 aromatic heterocycles. The number of piperidine rings is 1. The molecule has 0 spiro atoms. The molecule has 174 valence electrons. The summed E-state index contributed by atoms with van der Waals surface area (Å²) in [6.45, 7) is 5.69. The van der Waals surface area contributed by atoms with Gasteiger partial charge in [0.05, 0.1) is 0 Å². The van der Waals surface area contributed by atoms with Crippen molar-refractivity contribution in [1.29, 1.82) is 0 Å². The van der Waals surface area contributed by atoms with E-state index in [1.54, 1.807) is 30.3 Å². The topological polar surface area (TPSA) is 84.9 Å². The first-order valence-electron chi connectivity index (χ1n) is 11.6. The van der Waals surface area contributed by atoms with Gasteiger partial charge in [0.15, 0.2) is 17.3 Å². The van der Waals surface area contributed by atoms with Crippen LogP contribution in [-0.2, 0) is 4.79 Å². The van der Waals surface area contributed by atoms with Crippen molar-refractivity contribution in [3.63, 3.8) is 0 Å². The number of rotatable bonds is 6. The van der Waals surface area contributed by atoms with Gasteiger partial charge >= 0.3 is 0 Å². The number of amides is 2. The van der Waals surface area contributed by atoms with Gasteiger partial charge < -0.3 is 19.7 Å². The second-order valence-corrected chi connectivity index (χ2v) is 8.70. The number of hydrogen-bond acceptors (Lipinski definition) is 5. The van der Waals surface area contributed by atoms with Crippen LogP contribution in [0.1, 0.15) is 65.3 Å². The number of ketones is 1. The molecular weight excluding hydrogens is 420 g/mol. The van der Waals surface area contributed by atoms with E-state index in [-0.39, 0.29) is 36.5 Å². The van der Waals surface area contributed by atoms with E-state index >= 15 is 0 Å². The summed E-state index contributed by atoms with van der Waals surface area (Å²) in [5, 5.41) is 2.86. The highest BCUT2D eigenvalue weighted by Gasteiger charge is 2.24. The lowest BCUT2D eigenvalue weighted by Crippen LogP contribution is -2.42. The van der Waals surface area contributed by atoms with Crippen LogP contribution in [0.2, 0.25) is 0 Å². The number of carbonyl (C=O) groups excluding carboxylic acids is 3. The maximum Gasteiger partial charge on any atom is 0.254 e. The van der Waals surface area contributed by atoms with Crippen LogP contribution in [0.3, 0.4) is 0 Å². The monoisotopic (exact) mass is 450 g/mol. The molecular formula is C26H30N2O5. The first-order chi connectivity index (χ1) is 15.9. The summed E-state index contributed by atoms with van der Waals surface area (Å²) < 4.78 is 11.0. The van der Waals surface area contributed by atoms with Gasteiger partial charge in [-0.15, -0.1) is 0 Å². The molecule has 1 fully saturated rings. The molecule has 0 saturated carbocycles. The van der Waals surface area contributed by atoms with Crippen LogP contribution in [-0.4, -0.2) is 48.3 Å². The van der Waals surface area contributed by atoms with Gasteiger partial charge in [0, 0.05) is 42.2 Å². The molecule has 1 saturated heterocycles. The Hall–Kier alpha value is -3.35. The van der Waals surface area contributed by atoms with E-state index in [4.69, 9.17) is 9.47 Å². The summed E-state index contributed by atoms with van der Waals surface area (Å²) in [6.07, 6.45) is 3.39. The molecule has 2 aliphatic heterocycles. The van der Waals surface area contributed by atoms with Crippen molar-refractivity contribution in [3.05, 3.63) is 53.1 Å². The summed E-state index contributed by atoms with van der Waals surface area (Å²) >= 11 is 0. The fraction of sp³-hybridized carbons (Fsp3) is 0.423. The SMILES string of the molecule is Cc1cc(C(=O)N2CCCCC2C)ccc1NC(=O)CCC(=O)c1ccc2c(c1)OCCO2. The average molecular weight is 451 g/mol. The minimum Gasteiger partial charge on any atom is -0.486 e. The molecule has 7 nitrogen and oxygen atoms in total. The van der Waals surface area contributed by atoms with Gasteiger partial charge in [-0.25, -0.2) is 0 Å². The van der Waals surface area contributed by atoms with Gasteiger partial charge in [0.25, 0.3) is 5.91 Å². The highest BCUT2D eigenvalue weighted by molar-refractivity contribution is 6.01. The third kappa shape index (κ3) is 5.35. The molecule has 2 aromatic carbocycles. The standard InChI is InChI=1S/C26H30N2O5/c1-17-15-20(26(31)28-12-4-3-5-18(28)2)6-8-21(17)27-25(30)11-9-22(29)19-7-10-23-24(16-19)33-14-13-32-23/h6-8,10,15-16,18H,3-5,9,11-14H2,1-2H3,(H,27,30). The van der Waals surface area contributed by atoms with Gasteiger partial charge in [-0.3, -0.25) is 14.4 Å². The predicted octanol–water partition coefficient (Wildman–Crippen LogP) is 4.38. The summed E-state index contributed by atoms with van der Waals surface area (Å²) in [7, 11) is 0. The molecule has 2 amide bonds. The zero-order valence-corrected chi connectivity index (χ0v) is 19.2. The van der Waals surface area contributed by atoms with Crippen LogP contribution >= 0.6 is 0 Å². The Balaban J connectivity index is 1.33. The van der Waals surface area contributed by atoms with Crippen molar-refractivity contribution in [3.8, 4) is 11.5 Å². The van der Waals surface area contributed by atoms with Crippen molar-refractivity contribution < 1.29 is 23.9 Å². The number of aryl methyl sites for hydroxylation is 1. The summed E-state index contributed by atoms with van der Waals surface area (Å²) in [5.74, 6) is 0.847. The lowest BCUT2D eigenvalue weighted by molar-refractivity contribution is -0.116. The number of carbonyl (C=O) groups is 3. The number of ether oxygens (including phenoxy) is 2. The van der Waals surface area contributed by atoms with E-state index in [9.17, 15) is 14.4 Å². The quantitative estimate of drug-likeness (QED) is 0.660. The lowest BCUT2D eigenvalue weighted by Gasteiger charge is -2.33. The van der Waals surface area contributed by atoms with E-state index in [0.29, 0.717) is 41.5 Å². The van der Waals surface area contributed by atoms with Crippen molar-refractivity contribution >= 4 is 23.3 Å². The van der Waals surface area contributed by atoms with Crippen LogP contribution in [0.4, 0.5) is 5.69 Å². The number of likely N-dealkylation sites (tertiary alicyclic amines) is 1. The number of nitrogens with zero attached hydrogens (tertiary/aromatic N) is 1. The molecule has 1 N–H and O–H groups in total. The van der Waals surface area contributed by atoms with Crippen molar-refractivity contribution in [2.75, 3.05) is 25.1 Å². The Labute approximate surface area is 194 Å². The lowest BCUT2D eigenvalue weighted by atomic mass is 10.0. The summed E-state index contributed by atoms with van der Waals surface area (Å²) in [4.78, 5) is 39.8. The summed E-state index contributed by atoms with van der Waals surface area (Å²) in [6, 6.07) is 10.7. The van der Waals surface area contributed by atoms with E-state index in [1.165, 1.54) is 0 Å². The van der Waals surface area contributed by atoms with Crippen molar-refractivity contribution in [2.24, 2.45) is 0 Å². The first-order valence-corrected chi connectivity index (χ1v) is 11.6. The van der Waals surface area contributed by atoms with Crippen molar-refractivity contribution in [2.45, 2.75) is 52.0 Å². The molecule has 2 aromatic rings. The minimum absolute atomic E-state index is 0.0354. The Morgan fingerprint density at radius 3 is 2.48 bits per heavy atom. The predicted molar refractivity (Wildman–Crippen MR) is 125 cm³/mol. The second-order valence-electron chi connectivity index (χ2n) is 8.70. The smallest absolute Gasteiger partial charge is 0.254 e. The first kappa shape index (κ1) is 22.8. The highest BCUT2D eigenvalue weighted by atomic mass is 16.6. The molecule has 2 heterocycles. The third-order valence-electron chi connectivity index (χ3n) is 6.25. The van der Waals surface area contributed by atoms with E-state index in [2.05, 4.69) is 12.2 Å². The molecule has 0 bridgehead atoms. The number of fused-ring (bicyclic) bond motifs is 1. The largest absolute Gasteiger partial charge is 0.486 e. The Bertz CT molecular complexity index is 1060. The average Bonchev–Trinajstić information content (AvgIpc) is 2.83. The fourth-order valence-electron chi connectivity index (χ4n) is 4.30. The minimum atomic E-state index is -0.243. The summed E-state index contributed by atoms with van der Waals surface area (Å²) in [5.41, 5.74) is 2.60. The molecule has 33 heavy (non-hydrogen) atoms. The van der Waals surface area contributed by atoms with Gasteiger partial charge in [-0.2, -0.15) is 0 Å². The van der Waals surface area contributed by atoms with Gasteiger partial charge in [-0.05, 0) is 75.1 Å². The van der Waals surface area contributed by atoms with Crippen LogP contribution < -0.4 is 14.8 Å². The van der Waals surface area contributed by atoms with Crippen LogP contribution in [0.15, 0.2) is 36.4 Å². The molecule has 1 unspecified atom stereocenters. The zero-order valence-electron chi connectivity index (χ0n) is 19.2. The maximum absolute atomic E-state index is 12.9. The molecule has 0 aliphatic carbocycles. The molecule has 7 heteroatoms. The fourth-order valence-corrected chi connectivity index (χ4v) is 4.30. The number of anilines is 1. The molecule has 0 radical (unpaired) electrons. The van der Waals surface area contributed by atoms with Gasteiger partial charge in [0.2, 0.25) is 5.91 Å². The number of benzene rings is 2. The number of Topliss-reactive ketones (excluding diaryl/α,β-unsaturated/α-hetero) is 1. The second kappa shape index (κ2) is 10.1. The van der Waals surface area contributed by atoms with E-state index in [1.807, 2.05) is 17.9 Å². The Morgan fingerprint density at radius 1 is 0.970 bits per heavy atom. The van der Waals surface area contributed by atoms with Gasteiger partial charge in [-0.1, -0.05) is 0 Å². The highest BCUT2D eigenvalue weighted by Crippen LogP contribution is 2.31. The number of nitrogens with one attached hydrogen (secondary N) is 1. The van der Waals surface area contributed by atoms with Gasteiger partial charge in [0.1, 0.15) is 13.2 Å².